The molecule has 0 aromatic rings. The van der Waals surface area contributed by atoms with E-state index in [0.29, 0.717) is 63.4 Å². The summed E-state index contributed by atoms with van der Waals surface area (Å²) < 4.78 is 17.9. The molecule has 2 saturated heterocycles. The highest BCUT2D eigenvalue weighted by Crippen LogP contribution is 2.38. The molecule has 0 spiro atoms. The monoisotopic (exact) mass is 914 g/mol. The summed E-state index contributed by atoms with van der Waals surface area (Å²) in [4.78, 5) is 71.6. The van der Waals surface area contributed by atoms with Crippen molar-refractivity contribution >= 4 is 29.2 Å². The molecule has 4 rings (SSSR count). The van der Waals surface area contributed by atoms with Gasteiger partial charge in [0.15, 0.2) is 5.78 Å². The molecule has 14 heteroatoms. The third-order valence-electron chi connectivity index (χ3n) is 14.7. The normalized spacial score (nSPS) is 40.4. The lowest BCUT2D eigenvalue weighted by Gasteiger charge is -2.43. The first kappa shape index (κ1) is 54.2. The highest BCUT2D eigenvalue weighted by molar-refractivity contribution is 6.39. The van der Waals surface area contributed by atoms with Gasteiger partial charge in [-0.3, -0.25) is 19.2 Å². The number of cyclic esters (lactones) is 1. The second-order valence-electron chi connectivity index (χ2n) is 19.9. The lowest BCUT2D eigenvalue weighted by Crippen LogP contribution is -2.60. The molecule has 14 nitrogen and oxygen atoms in total. The minimum absolute atomic E-state index is 0.000906. The van der Waals surface area contributed by atoms with Crippen LogP contribution in [0.25, 0.3) is 0 Å². The molecule has 1 aliphatic carbocycles. The molecular weight excluding hydrogens is 835 g/mol. The summed E-state index contributed by atoms with van der Waals surface area (Å²) in [5.74, 6) is -8.94. The Morgan fingerprint density at radius 3 is 2.28 bits per heavy atom. The number of nitrogens with zero attached hydrogens (tertiary/aromatic N) is 1. The van der Waals surface area contributed by atoms with Gasteiger partial charge in [0.2, 0.25) is 5.79 Å². The van der Waals surface area contributed by atoms with Crippen molar-refractivity contribution in [2.24, 2.45) is 47.3 Å². The van der Waals surface area contributed by atoms with Crippen molar-refractivity contribution in [2.45, 2.75) is 168 Å². The van der Waals surface area contributed by atoms with Crippen molar-refractivity contribution in [3.63, 3.8) is 0 Å². The number of hydrogen-bond donors (Lipinski definition) is 5. The van der Waals surface area contributed by atoms with Crippen LogP contribution in [0.3, 0.4) is 0 Å². The third-order valence-corrected chi connectivity index (χ3v) is 14.7. The Labute approximate surface area is 386 Å². The molecule has 65 heavy (non-hydrogen) atoms. The van der Waals surface area contributed by atoms with Crippen LogP contribution in [0.2, 0.25) is 0 Å². The first-order valence-electron chi connectivity index (χ1n) is 24.1. The zero-order valence-electron chi connectivity index (χ0n) is 40.1. The van der Waals surface area contributed by atoms with Crippen LogP contribution in [0.1, 0.15) is 126 Å². The predicted molar refractivity (Wildman–Crippen MR) is 245 cm³/mol. The summed E-state index contributed by atoms with van der Waals surface area (Å²) in [7, 11) is 1.37. The van der Waals surface area contributed by atoms with Gasteiger partial charge >= 0.3 is 5.97 Å². The maximum Gasteiger partial charge on any atom is 0.329 e. The number of carbonyl (C=O) groups excluding carboxylic acids is 5. The van der Waals surface area contributed by atoms with Gasteiger partial charge < -0.3 is 44.6 Å². The van der Waals surface area contributed by atoms with E-state index >= 15 is 0 Å². The van der Waals surface area contributed by atoms with Crippen molar-refractivity contribution in [3.8, 4) is 0 Å². The van der Waals surface area contributed by atoms with Crippen molar-refractivity contribution in [3.05, 3.63) is 47.6 Å². The second-order valence-corrected chi connectivity index (χ2v) is 19.9. The van der Waals surface area contributed by atoms with Crippen LogP contribution in [0.4, 0.5) is 0 Å². The van der Waals surface area contributed by atoms with Crippen LogP contribution in [0, 0.1) is 47.3 Å². The minimum atomic E-state index is -2.46. The molecule has 366 valence electrons. The van der Waals surface area contributed by atoms with Crippen molar-refractivity contribution in [2.75, 3.05) is 26.9 Å². The molecule has 5 N–H and O–H groups in total. The number of rotatable bonds is 6. The van der Waals surface area contributed by atoms with Crippen LogP contribution in [-0.4, -0.2) is 129 Å². The number of carbonyl (C=O) groups is 5. The summed E-state index contributed by atoms with van der Waals surface area (Å²) in [5, 5.41) is 54.1. The Morgan fingerprint density at radius 1 is 0.877 bits per heavy atom. The molecule has 3 fully saturated rings. The summed E-state index contributed by atoms with van der Waals surface area (Å²) in [6, 6.07) is -1.17. The molecule has 15 atom stereocenters. The van der Waals surface area contributed by atoms with Gasteiger partial charge in [-0.25, -0.2) is 4.79 Å². The van der Waals surface area contributed by atoms with E-state index in [-0.39, 0.29) is 80.2 Å². The standard InChI is InChI=1S/C51H79NO13/c1-30-14-10-9-11-15-31(2)38(28-53)26-40-19-17-36(7)51(62,65-40)48(59)49(60)52-21-13-12-16-41(52)50(61)64-44(33(4)24-37-18-20-42(55)39(25-37)29-54)27-43(56)32(3)23-35(6)46(58)47(63-8)45(57)34(5)22-30/h9-11,14-15,23,30,32-34,36-42,44,46-47,53-55,58,62H,12-13,16-22,24-29H2,1-8H3/b11-9+,14-10+,31-15+,35-23+/t30-,32?,33-,34-,36-,37+,38-,39+,40+,41+,42-,44+,46-,47+,51?/m1/s1. The van der Waals surface area contributed by atoms with Gasteiger partial charge in [0.1, 0.15) is 30.1 Å². The van der Waals surface area contributed by atoms with E-state index in [4.69, 9.17) is 14.2 Å². The number of esters is 1. The fourth-order valence-corrected chi connectivity index (χ4v) is 10.3. The van der Waals surface area contributed by atoms with E-state index in [9.17, 15) is 49.5 Å². The largest absolute Gasteiger partial charge is 0.460 e. The van der Waals surface area contributed by atoms with E-state index < -0.39 is 77.8 Å². The summed E-state index contributed by atoms with van der Waals surface area (Å²) in [6.07, 6.45) is 11.3. The van der Waals surface area contributed by atoms with Crippen molar-refractivity contribution in [1.82, 2.24) is 4.90 Å². The van der Waals surface area contributed by atoms with Crippen LogP contribution in [0.5, 0.6) is 0 Å². The van der Waals surface area contributed by atoms with Gasteiger partial charge in [0, 0.05) is 62.9 Å². The molecule has 2 unspecified atom stereocenters. The molecule has 3 aliphatic heterocycles. The molecular formula is C51H79NO13. The number of aliphatic hydroxyl groups excluding tert-OH is 4. The highest BCUT2D eigenvalue weighted by Gasteiger charge is 2.53. The molecule has 0 radical (unpaired) electrons. The van der Waals surface area contributed by atoms with Crippen LogP contribution in [-0.2, 0) is 38.2 Å². The first-order chi connectivity index (χ1) is 30.7. The van der Waals surface area contributed by atoms with Crippen molar-refractivity contribution < 1.29 is 63.7 Å². The van der Waals surface area contributed by atoms with Gasteiger partial charge in [-0.15, -0.1) is 0 Å². The quantitative estimate of drug-likeness (QED) is 0.129. The van der Waals surface area contributed by atoms with Crippen LogP contribution in [0.15, 0.2) is 47.6 Å². The first-order valence-corrected chi connectivity index (χ1v) is 24.1. The predicted octanol–water partition coefficient (Wildman–Crippen LogP) is 5.37. The second kappa shape index (κ2) is 25.1. The SMILES string of the molecule is CO[C@H]1C(=O)[C@H](C)C[C@H](C)/C=C/C=C/C=C(\C)[C@@H](CO)C[C@@H]2CC[C@@H](C)C(O)(O2)C(=O)C(=O)N2CCCC[C@H]2C(=O)O[C@H]([C@H](C)C[C@@H]2CC[C@@H](O)[C@H](CO)C2)CC(=O)C(C)/C=C(\C)[C@H]1O. The number of methoxy groups -OCH3 is 1. The summed E-state index contributed by atoms with van der Waals surface area (Å²) >= 11 is 0. The number of fused-ring (bicyclic) bond motifs is 3. The van der Waals surface area contributed by atoms with Gasteiger partial charge in [-0.05, 0) is 108 Å². The lowest BCUT2D eigenvalue weighted by molar-refractivity contribution is -0.265. The molecule has 4 aliphatic rings. The molecule has 1 saturated carbocycles. The number of aliphatic hydroxyl groups is 5. The van der Waals surface area contributed by atoms with E-state index in [2.05, 4.69) is 0 Å². The maximum absolute atomic E-state index is 14.3. The van der Waals surface area contributed by atoms with Gasteiger partial charge in [0.05, 0.1) is 12.2 Å². The van der Waals surface area contributed by atoms with Crippen molar-refractivity contribution in [1.29, 1.82) is 0 Å². The Bertz CT molecular complexity index is 1760. The van der Waals surface area contributed by atoms with E-state index in [1.165, 1.54) is 7.11 Å². The molecule has 1 amide bonds. The Morgan fingerprint density at radius 2 is 1.60 bits per heavy atom. The number of allylic oxidation sites excluding steroid dienone is 6. The summed E-state index contributed by atoms with van der Waals surface area (Å²) in [5.41, 5.74) is 1.22. The molecule has 3 heterocycles. The van der Waals surface area contributed by atoms with Gasteiger partial charge in [-0.1, -0.05) is 76.6 Å². The number of ketones is 3. The van der Waals surface area contributed by atoms with Gasteiger partial charge in [0.25, 0.3) is 11.7 Å². The maximum atomic E-state index is 14.3. The topological polar surface area (TPSA) is 217 Å². The van der Waals surface area contributed by atoms with E-state index in [0.717, 1.165) is 10.5 Å². The number of Topliss-reactive ketones (excluding diaryl/α,β-unsaturated/α-hetero) is 3. The molecule has 0 aromatic heterocycles. The zero-order chi connectivity index (χ0) is 48.2. The Balaban J connectivity index is 1.70. The number of hydrogen-bond acceptors (Lipinski definition) is 13. The minimum Gasteiger partial charge on any atom is -0.460 e. The molecule has 2 bridgehead atoms. The fraction of sp³-hybridized carbons (Fsp3) is 0.745. The van der Waals surface area contributed by atoms with Crippen LogP contribution >= 0.6 is 0 Å². The summed E-state index contributed by atoms with van der Waals surface area (Å²) in [6.45, 7) is 12.2. The number of amides is 1. The number of piperidine rings is 1. The molecule has 0 aromatic carbocycles. The van der Waals surface area contributed by atoms with E-state index in [1.54, 1.807) is 33.8 Å². The Hall–Kier alpha value is -3.37. The lowest BCUT2D eigenvalue weighted by atomic mass is 9.75. The van der Waals surface area contributed by atoms with Gasteiger partial charge in [-0.2, -0.15) is 0 Å². The fourth-order valence-electron chi connectivity index (χ4n) is 10.3. The average Bonchev–Trinajstić information content (AvgIpc) is 3.28. The smallest absolute Gasteiger partial charge is 0.329 e. The highest BCUT2D eigenvalue weighted by atomic mass is 16.6. The van der Waals surface area contributed by atoms with E-state index in [1.807, 2.05) is 51.2 Å². The number of ether oxygens (including phenoxy) is 3. The average molecular weight is 914 g/mol. The Kier molecular flexibility index (Phi) is 21.0. The van der Waals surface area contributed by atoms with Crippen LogP contribution < -0.4 is 0 Å². The zero-order valence-corrected chi connectivity index (χ0v) is 40.1. The third kappa shape index (κ3) is 14.3.